The van der Waals surface area contributed by atoms with Crippen LogP contribution in [0.1, 0.15) is 47.6 Å². The summed E-state index contributed by atoms with van der Waals surface area (Å²) in [7, 11) is 2.24. The Morgan fingerprint density at radius 2 is 2.03 bits per heavy atom. The summed E-state index contributed by atoms with van der Waals surface area (Å²) in [4.78, 5) is 20.8. The Labute approximate surface area is 187 Å². The number of rotatable bonds is 4. The standard InChI is InChI=1S/C23H32N4OS2/c1-4-27(5-2)23(28)24-14-11-16-15-7-6-8-18-20(15)17(12-19(16)26(3)13-14)21(25-18)22-29-9-10-30-22/h6-8,14,16,19,22,25H,4-5,9-13H2,1-3H3,(H,24,28)/t14-,16+,19+/m0/s1. The summed E-state index contributed by atoms with van der Waals surface area (Å²) in [5, 5.41) is 4.78. The van der Waals surface area contributed by atoms with E-state index >= 15 is 0 Å². The molecule has 0 saturated carbocycles. The number of H-pyrrole nitrogens is 1. The Balaban J connectivity index is 1.46. The number of nitrogens with zero attached hydrogens (tertiary/aromatic N) is 2. The van der Waals surface area contributed by atoms with Gasteiger partial charge in [-0.05, 0) is 50.9 Å². The van der Waals surface area contributed by atoms with Gasteiger partial charge in [-0.15, -0.1) is 23.5 Å². The summed E-state index contributed by atoms with van der Waals surface area (Å²) < 4.78 is 0.548. The van der Waals surface area contributed by atoms with Crippen molar-refractivity contribution in [3.05, 3.63) is 35.0 Å². The molecule has 2 aliphatic heterocycles. The van der Waals surface area contributed by atoms with Gasteiger partial charge in [0.15, 0.2) is 0 Å². The second-order valence-electron chi connectivity index (χ2n) is 8.73. The topological polar surface area (TPSA) is 51.4 Å². The number of urea groups is 1. The Kier molecular flexibility index (Phi) is 5.71. The normalized spacial score (nSPS) is 26.7. The van der Waals surface area contributed by atoms with Crippen LogP contribution in [0.2, 0.25) is 0 Å². The summed E-state index contributed by atoms with van der Waals surface area (Å²) in [5.74, 6) is 2.96. The predicted octanol–water partition coefficient (Wildman–Crippen LogP) is 4.41. The molecule has 5 nitrogen and oxygen atoms in total. The number of likely N-dealkylation sites (tertiary alicyclic amines) is 1. The zero-order valence-electron chi connectivity index (χ0n) is 18.1. The first kappa shape index (κ1) is 20.6. The van der Waals surface area contributed by atoms with Crippen LogP contribution in [0.3, 0.4) is 0 Å². The van der Waals surface area contributed by atoms with Crippen LogP contribution in [-0.2, 0) is 6.42 Å². The summed E-state index contributed by atoms with van der Waals surface area (Å²) in [6.07, 6.45) is 2.13. The van der Waals surface area contributed by atoms with Crippen molar-refractivity contribution in [2.24, 2.45) is 0 Å². The number of piperidine rings is 1. The molecule has 7 heteroatoms. The van der Waals surface area contributed by atoms with E-state index < -0.39 is 0 Å². The fraction of sp³-hybridized carbons (Fsp3) is 0.609. The minimum atomic E-state index is 0.0748. The highest BCUT2D eigenvalue weighted by Gasteiger charge is 2.41. The molecule has 0 radical (unpaired) electrons. The molecule has 0 spiro atoms. The Morgan fingerprint density at radius 1 is 1.27 bits per heavy atom. The van der Waals surface area contributed by atoms with Gasteiger partial charge in [-0.1, -0.05) is 12.1 Å². The number of likely N-dealkylation sites (N-methyl/N-ethyl adjacent to an activating group) is 1. The van der Waals surface area contributed by atoms with Crippen LogP contribution < -0.4 is 5.32 Å². The predicted molar refractivity (Wildman–Crippen MR) is 129 cm³/mol. The highest BCUT2D eigenvalue weighted by molar-refractivity contribution is 8.19. The second kappa shape index (κ2) is 8.32. The zero-order chi connectivity index (χ0) is 20.8. The summed E-state index contributed by atoms with van der Waals surface area (Å²) in [6, 6.07) is 7.55. The third kappa shape index (κ3) is 3.43. The maximum atomic E-state index is 12.7. The fourth-order valence-corrected chi connectivity index (χ4v) is 8.56. The quantitative estimate of drug-likeness (QED) is 0.733. The summed E-state index contributed by atoms with van der Waals surface area (Å²) in [5.41, 5.74) is 5.77. The molecule has 2 saturated heterocycles. The molecule has 3 aliphatic rings. The van der Waals surface area contributed by atoms with Crippen molar-refractivity contribution in [2.45, 2.75) is 49.3 Å². The molecular formula is C23H32N4OS2. The van der Waals surface area contributed by atoms with E-state index in [9.17, 15) is 4.79 Å². The van der Waals surface area contributed by atoms with Gasteiger partial charge in [-0.3, -0.25) is 0 Å². The third-order valence-electron chi connectivity index (χ3n) is 7.12. The molecular weight excluding hydrogens is 412 g/mol. The van der Waals surface area contributed by atoms with Gasteiger partial charge >= 0.3 is 6.03 Å². The molecule has 0 unspecified atom stereocenters. The van der Waals surface area contributed by atoms with Crippen molar-refractivity contribution in [1.82, 2.24) is 20.1 Å². The lowest BCUT2D eigenvalue weighted by Crippen LogP contribution is -2.56. The molecule has 3 heterocycles. The van der Waals surface area contributed by atoms with E-state index in [-0.39, 0.29) is 12.1 Å². The molecule has 5 rings (SSSR count). The monoisotopic (exact) mass is 444 g/mol. The van der Waals surface area contributed by atoms with Gasteiger partial charge in [0.05, 0.1) is 4.58 Å². The molecule has 30 heavy (non-hydrogen) atoms. The number of aromatic nitrogens is 1. The van der Waals surface area contributed by atoms with Gasteiger partial charge in [0.1, 0.15) is 0 Å². The largest absolute Gasteiger partial charge is 0.357 e. The number of carbonyl (C=O) groups is 1. The van der Waals surface area contributed by atoms with Crippen LogP contribution in [0.5, 0.6) is 0 Å². The van der Waals surface area contributed by atoms with Crippen LogP contribution in [0.25, 0.3) is 10.9 Å². The van der Waals surface area contributed by atoms with Crippen molar-refractivity contribution in [3.8, 4) is 0 Å². The molecule has 2 aromatic rings. The maximum absolute atomic E-state index is 12.7. The smallest absolute Gasteiger partial charge is 0.317 e. The van der Waals surface area contributed by atoms with Gasteiger partial charge in [-0.25, -0.2) is 4.79 Å². The van der Waals surface area contributed by atoms with E-state index in [0.717, 1.165) is 32.5 Å². The van der Waals surface area contributed by atoms with Crippen LogP contribution in [0, 0.1) is 0 Å². The lowest BCUT2D eigenvalue weighted by Gasteiger charge is -2.46. The number of carbonyl (C=O) groups excluding carboxylic acids is 1. The zero-order valence-corrected chi connectivity index (χ0v) is 19.7. The van der Waals surface area contributed by atoms with Crippen molar-refractivity contribution < 1.29 is 4.79 Å². The maximum Gasteiger partial charge on any atom is 0.317 e. The highest BCUT2D eigenvalue weighted by atomic mass is 32.2. The van der Waals surface area contributed by atoms with Crippen LogP contribution in [0.4, 0.5) is 4.79 Å². The molecule has 162 valence electrons. The molecule has 1 aromatic carbocycles. The Hall–Kier alpha value is -1.31. The van der Waals surface area contributed by atoms with Crippen molar-refractivity contribution in [2.75, 3.05) is 38.2 Å². The Bertz CT molecular complexity index is 935. The van der Waals surface area contributed by atoms with Gasteiger partial charge < -0.3 is 20.1 Å². The molecule has 1 aliphatic carbocycles. The number of hydrogen-bond acceptors (Lipinski definition) is 4. The van der Waals surface area contributed by atoms with Crippen LogP contribution in [0.15, 0.2) is 18.2 Å². The second-order valence-corrected chi connectivity index (χ2v) is 11.5. The first-order chi connectivity index (χ1) is 14.6. The first-order valence-electron chi connectivity index (χ1n) is 11.2. The minimum absolute atomic E-state index is 0.0748. The third-order valence-corrected chi connectivity index (χ3v) is 10.2. The van der Waals surface area contributed by atoms with E-state index in [1.54, 1.807) is 5.56 Å². The van der Waals surface area contributed by atoms with E-state index in [2.05, 4.69) is 64.0 Å². The van der Waals surface area contributed by atoms with Crippen molar-refractivity contribution in [3.63, 3.8) is 0 Å². The lowest BCUT2D eigenvalue weighted by molar-refractivity contribution is 0.124. The van der Waals surface area contributed by atoms with Gasteiger partial charge in [0.25, 0.3) is 0 Å². The molecule has 2 fully saturated rings. The summed E-state index contributed by atoms with van der Waals surface area (Å²) in [6.45, 7) is 6.51. The van der Waals surface area contributed by atoms with Crippen LogP contribution in [-0.4, -0.2) is 71.1 Å². The Morgan fingerprint density at radius 3 is 2.77 bits per heavy atom. The molecule has 3 atom stereocenters. The van der Waals surface area contributed by atoms with Crippen LogP contribution >= 0.6 is 23.5 Å². The highest BCUT2D eigenvalue weighted by Crippen LogP contribution is 2.51. The van der Waals surface area contributed by atoms with E-state index in [0.29, 0.717) is 16.5 Å². The lowest BCUT2D eigenvalue weighted by atomic mass is 9.73. The average molecular weight is 445 g/mol. The van der Waals surface area contributed by atoms with Crippen molar-refractivity contribution >= 4 is 40.5 Å². The molecule has 0 bridgehead atoms. The number of hydrogen-bond donors (Lipinski definition) is 2. The number of aromatic amines is 1. The van der Waals surface area contributed by atoms with Crippen molar-refractivity contribution in [1.29, 1.82) is 0 Å². The minimum Gasteiger partial charge on any atom is -0.357 e. The SMILES string of the molecule is CCN(CC)C(=O)N[C@H]1C[C@@H]2c3cccc4[nH]c(C5SCCS5)c(c34)C[C@H]2N(C)C1. The average Bonchev–Trinajstić information content (AvgIpc) is 3.39. The first-order valence-corrected chi connectivity index (χ1v) is 13.3. The molecule has 2 N–H and O–H groups in total. The van der Waals surface area contributed by atoms with Gasteiger partial charge in [0.2, 0.25) is 0 Å². The number of benzene rings is 1. The van der Waals surface area contributed by atoms with E-state index in [4.69, 9.17) is 0 Å². The van der Waals surface area contributed by atoms with E-state index in [1.165, 1.54) is 33.7 Å². The fourth-order valence-electron chi connectivity index (χ4n) is 5.66. The number of fused-ring (bicyclic) bond motifs is 2. The van der Waals surface area contributed by atoms with Gasteiger partial charge in [0, 0.05) is 65.7 Å². The molecule has 1 aromatic heterocycles. The number of amides is 2. The van der Waals surface area contributed by atoms with E-state index in [1.807, 2.05) is 18.7 Å². The summed E-state index contributed by atoms with van der Waals surface area (Å²) >= 11 is 4.16. The van der Waals surface area contributed by atoms with Gasteiger partial charge in [-0.2, -0.15) is 0 Å². The molecule has 2 amide bonds. The number of nitrogens with one attached hydrogen (secondary N) is 2. The number of thioether (sulfide) groups is 2.